The molecule has 1 fully saturated rings. The van der Waals surface area contributed by atoms with Gasteiger partial charge >= 0.3 is 0 Å². The van der Waals surface area contributed by atoms with E-state index in [0.29, 0.717) is 17.5 Å². The van der Waals surface area contributed by atoms with Crippen LogP contribution in [-0.2, 0) is 6.54 Å². The van der Waals surface area contributed by atoms with E-state index in [1.165, 1.54) is 31.4 Å². The van der Waals surface area contributed by atoms with Crippen molar-refractivity contribution in [3.63, 3.8) is 0 Å². The Morgan fingerprint density at radius 2 is 1.89 bits per heavy atom. The number of hydrogen-bond acceptors (Lipinski definition) is 2. The topological polar surface area (TPSA) is 29.3 Å². The van der Waals surface area contributed by atoms with Crippen LogP contribution in [0.4, 0.5) is 0 Å². The van der Waals surface area contributed by atoms with Gasteiger partial charge in [-0.05, 0) is 36.8 Å². The maximum absolute atomic E-state index is 6.39. The molecule has 0 saturated carbocycles. The summed E-state index contributed by atoms with van der Waals surface area (Å²) in [6.45, 7) is 9.16. The third kappa shape index (κ3) is 4.32. The summed E-state index contributed by atoms with van der Waals surface area (Å²) in [5.41, 5.74) is 8.13. The minimum absolute atomic E-state index is 0.330. The van der Waals surface area contributed by atoms with Crippen molar-refractivity contribution < 1.29 is 0 Å². The molecule has 106 valence electrons. The highest BCUT2D eigenvalue weighted by atomic mass is 15.2. The third-order valence-electron chi connectivity index (χ3n) is 4.00. The highest BCUT2D eigenvalue weighted by molar-refractivity contribution is 5.15. The van der Waals surface area contributed by atoms with E-state index < -0.39 is 0 Å². The molecule has 1 aliphatic rings. The number of piperidine rings is 1. The van der Waals surface area contributed by atoms with Crippen LogP contribution < -0.4 is 5.73 Å². The Hall–Kier alpha value is -0.860. The fourth-order valence-electron chi connectivity index (χ4n) is 3.08. The molecule has 0 spiro atoms. The van der Waals surface area contributed by atoms with E-state index in [-0.39, 0.29) is 0 Å². The zero-order valence-corrected chi connectivity index (χ0v) is 12.6. The minimum atomic E-state index is 0.330. The van der Waals surface area contributed by atoms with Gasteiger partial charge in [-0.1, -0.05) is 51.1 Å². The molecular formula is C17H28N2. The smallest absolute Gasteiger partial charge is 0.0255 e. The molecule has 0 aliphatic carbocycles. The maximum Gasteiger partial charge on any atom is 0.0255 e. The molecule has 2 unspecified atom stereocenters. The van der Waals surface area contributed by atoms with Crippen LogP contribution in [0.3, 0.4) is 0 Å². The average Bonchev–Trinajstić information content (AvgIpc) is 2.34. The Balaban J connectivity index is 2.07. The lowest BCUT2D eigenvalue weighted by Gasteiger charge is -2.42. The van der Waals surface area contributed by atoms with Crippen molar-refractivity contribution in [1.29, 1.82) is 0 Å². The second kappa shape index (κ2) is 6.06. The van der Waals surface area contributed by atoms with Crippen LogP contribution in [0.5, 0.6) is 0 Å². The molecule has 0 aromatic heterocycles. The van der Waals surface area contributed by atoms with Crippen LogP contribution in [0.25, 0.3) is 0 Å². The Labute approximate surface area is 118 Å². The van der Waals surface area contributed by atoms with Gasteiger partial charge in [-0.25, -0.2) is 0 Å². The van der Waals surface area contributed by atoms with E-state index in [4.69, 9.17) is 5.73 Å². The van der Waals surface area contributed by atoms with Gasteiger partial charge in [-0.15, -0.1) is 0 Å². The molecule has 2 rings (SSSR count). The highest BCUT2D eigenvalue weighted by Gasteiger charge is 2.32. The van der Waals surface area contributed by atoms with Crippen LogP contribution in [0, 0.1) is 5.41 Å². The fourth-order valence-corrected chi connectivity index (χ4v) is 3.08. The van der Waals surface area contributed by atoms with Crippen molar-refractivity contribution in [3.05, 3.63) is 35.9 Å². The van der Waals surface area contributed by atoms with Crippen molar-refractivity contribution in [1.82, 2.24) is 4.90 Å². The molecule has 0 bridgehead atoms. The van der Waals surface area contributed by atoms with Crippen molar-refractivity contribution in [2.24, 2.45) is 11.1 Å². The van der Waals surface area contributed by atoms with Gasteiger partial charge < -0.3 is 5.73 Å². The van der Waals surface area contributed by atoms with Crippen molar-refractivity contribution in [3.8, 4) is 0 Å². The number of rotatable bonds is 3. The van der Waals surface area contributed by atoms with Gasteiger partial charge in [0.2, 0.25) is 0 Å². The van der Waals surface area contributed by atoms with Gasteiger partial charge in [0.05, 0.1) is 0 Å². The van der Waals surface area contributed by atoms with Crippen molar-refractivity contribution in [2.45, 2.75) is 58.7 Å². The Morgan fingerprint density at radius 3 is 2.53 bits per heavy atom. The predicted molar refractivity (Wildman–Crippen MR) is 81.9 cm³/mol. The quantitative estimate of drug-likeness (QED) is 0.902. The molecular weight excluding hydrogens is 232 g/mol. The molecule has 2 atom stereocenters. The molecule has 19 heavy (non-hydrogen) atoms. The highest BCUT2D eigenvalue weighted by Crippen LogP contribution is 2.29. The molecule has 0 amide bonds. The lowest BCUT2D eigenvalue weighted by Crippen LogP contribution is -2.52. The van der Waals surface area contributed by atoms with E-state index in [9.17, 15) is 0 Å². The van der Waals surface area contributed by atoms with Crippen LogP contribution >= 0.6 is 0 Å². The monoisotopic (exact) mass is 260 g/mol. The van der Waals surface area contributed by atoms with Gasteiger partial charge in [0.15, 0.2) is 0 Å². The Morgan fingerprint density at radius 1 is 1.21 bits per heavy atom. The van der Waals surface area contributed by atoms with Crippen LogP contribution in [0.15, 0.2) is 30.3 Å². The molecule has 1 aliphatic heterocycles. The molecule has 2 nitrogen and oxygen atoms in total. The lowest BCUT2D eigenvalue weighted by atomic mass is 9.82. The average molecular weight is 260 g/mol. The molecule has 0 radical (unpaired) electrons. The first-order valence-corrected chi connectivity index (χ1v) is 7.49. The second-order valence-electron chi connectivity index (χ2n) is 7.09. The Bertz CT molecular complexity index is 380. The van der Waals surface area contributed by atoms with Gasteiger partial charge in [-0.2, -0.15) is 0 Å². The summed E-state index contributed by atoms with van der Waals surface area (Å²) in [7, 11) is 0. The van der Waals surface area contributed by atoms with E-state index in [0.717, 1.165) is 6.54 Å². The lowest BCUT2D eigenvalue weighted by molar-refractivity contribution is 0.0857. The van der Waals surface area contributed by atoms with E-state index >= 15 is 0 Å². The molecule has 1 aromatic carbocycles. The molecule has 2 N–H and O–H groups in total. The zero-order chi connectivity index (χ0) is 13.9. The summed E-state index contributed by atoms with van der Waals surface area (Å²) < 4.78 is 0. The normalized spacial score (nSPS) is 25.5. The molecule has 1 aromatic rings. The molecule has 2 heteroatoms. The van der Waals surface area contributed by atoms with Crippen molar-refractivity contribution in [2.75, 3.05) is 6.54 Å². The second-order valence-corrected chi connectivity index (χ2v) is 7.09. The van der Waals surface area contributed by atoms with Gasteiger partial charge in [0, 0.05) is 18.6 Å². The van der Waals surface area contributed by atoms with Gasteiger partial charge in [-0.3, -0.25) is 4.90 Å². The molecule has 1 saturated heterocycles. The first-order chi connectivity index (χ1) is 8.96. The standard InChI is InChI=1S/C17H28N2/c1-17(2,3)12-16-15(18)10-7-11-19(16)13-14-8-5-4-6-9-14/h4-6,8-9,15-16H,7,10-13,18H2,1-3H3. The first kappa shape index (κ1) is 14.5. The van der Waals surface area contributed by atoms with Gasteiger partial charge in [0.1, 0.15) is 0 Å². The van der Waals surface area contributed by atoms with E-state index in [1.54, 1.807) is 0 Å². The third-order valence-corrected chi connectivity index (χ3v) is 4.00. The minimum Gasteiger partial charge on any atom is -0.326 e. The Kier molecular flexibility index (Phi) is 4.64. The first-order valence-electron chi connectivity index (χ1n) is 7.49. The number of benzene rings is 1. The molecule has 1 heterocycles. The number of nitrogens with two attached hydrogens (primary N) is 1. The number of nitrogens with zero attached hydrogens (tertiary/aromatic N) is 1. The summed E-state index contributed by atoms with van der Waals surface area (Å²) in [4.78, 5) is 2.59. The number of hydrogen-bond donors (Lipinski definition) is 1. The van der Waals surface area contributed by atoms with Crippen LogP contribution in [-0.4, -0.2) is 23.5 Å². The summed E-state index contributed by atoms with van der Waals surface area (Å²) >= 11 is 0. The van der Waals surface area contributed by atoms with E-state index in [1.807, 2.05) is 0 Å². The van der Waals surface area contributed by atoms with Crippen LogP contribution in [0.1, 0.15) is 45.6 Å². The van der Waals surface area contributed by atoms with Crippen molar-refractivity contribution >= 4 is 0 Å². The summed E-state index contributed by atoms with van der Waals surface area (Å²) in [6.07, 6.45) is 3.58. The summed E-state index contributed by atoms with van der Waals surface area (Å²) in [5.74, 6) is 0. The zero-order valence-electron chi connectivity index (χ0n) is 12.6. The SMILES string of the molecule is CC(C)(C)CC1C(N)CCCN1Cc1ccccc1. The van der Waals surface area contributed by atoms with Crippen LogP contribution in [0.2, 0.25) is 0 Å². The fraction of sp³-hybridized carbons (Fsp3) is 0.647. The number of likely N-dealkylation sites (tertiary alicyclic amines) is 1. The van der Waals surface area contributed by atoms with Gasteiger partial charge in [0.25, 0.3) is 0 Å². The summed E-state index contributed by atoms with van der Waals surface area (Å²) in [5, 5.41) is 0. The summed E-state index contributed by atoms with van der Waals surface area (Å²) in [6, 6.07) is 11.6. The maximum atomic E-state index is 6.39. The predicted octanol–water partition coefficient (Wildman–Crippen LogP) is 3.41. The van der Waals surface area contributed by atoms with E-state index in [2.05, 4.69) is 56.0 Å². The largest absolute Gasteiger partial charge is 0.326 e.